The van der Waals surface area contributed by atoms with Crippen LogP contribution in [0.4, 0.5) is 0 Å². The molecule has 0 aliphatic heterocycles. The SMILES string of the molecule is CCCN(CC)NCC1CCCC1. The predicted molar refractivity (Wildman–Crippen MR) is 57.5 cm³/mol. The fourth-order valence-corrected chi connectivity index (χ4v) is 2.09. The molecule has 2 heteroatoms. The highest BCUT2D eigenvalue weighted by Gasteiger charge is 2.14. The predicted octanol–water partition coefficient (Wildman–Crippen LogP) is 2.41. The molecule has 0 radical (unpaired) electrons. The van der Waals surface area contributed by atoms with E-state index in [1.807, 2.05) is 0 Å². The summed E-state index contributed by atoms with van der Waals surface area (Å²) >= 11 is 0. The molecule has 78 valence electrons. The maximum absolute atomic E-state index is 3.55. The van der Waals surface area contributed by atoms with Crippen molar-refractivity contribution in [1.82, 2.24) is 10.4 Å². The molecule has 0 atom stereocenters. The number of hydrazine groups is 1. The summed E-state index contributed by atoms with van der Waals surface area (Å²) in [5.41, 5.74) is 3.55. The summed E-state index contributed by atoms with van der Waals surface area (Å²) < 4.78 is 0. The first-order chi connectivity index (χ1) is 6.36. The molecule has 1 N–H and O–H groups in total. The summed E-state index contributed by atoms with van der Waals surface area (Å²) in [5.74, 6) is 0.950. The molecule has 1 fully saturated rings. The lowest BCUT2D eigenvalue weighted by Gasteiger charge is -2.22. The van der Waals surface area contributed by atoms with Crippen molar-refractivity contribution in [2.24, 2.45) is 5.92 Å². The Balaban J connectivity index is 2.07. The van der Waals surface area contributed by atoms with Crippen molar-refractivity contribution >= 4 is 0 Å². The van der Waals surface area contributed by atoms with E-state index < -0.39 is 0 Å². The van der Waals surface area contributed by atoms with Gasteiger partial charge in [0.15, 0.2) is 0 Å². The van der Waals surface area contributed by atoms with Gasteiger partial charge in [0.1, 0.15) is 0 Å². The summed E-state index contributed by atoms with van der Waals surface area (Å²) in [5, 5.41) is 2.35. The molecule has 1 rings (SSSR count). The van der Waals surface area contributed by atoms with Crippen LogP contribution in [0, 0.1) is 5.92 Å². The van der Waals surface area contributed by atoms with E-state index in [1.54, 1.807) is 0 Å². The molecular formula is C11H24N2. The number of nitrogens with one attached hydrogen (secondary N) is 1. The zero-order chi connectivity index (χ0) is 9.52. The summed E-state index contributed by atoms with van der Waals surface area (Å²) in [4.78, 5) is 0. The Labute approximate surface area is 82.7 Å². The topological polar surface area (TPSA) is 15.3 Å². The molecule has 1 aliphatic carbocycles. The third-order valence-corrected chi connectivity index (χ3v) is 2.95. The molecule has 0 saturated heterocycles. The summed E-state index contributed by atoms with van der Waals surface area (Å²) in [6.07, 6.45) is 7.03. The standard InChI is InChI=1S/C11H24N2/c1-3-9-13(4-2)12-10-11-7-5-6-8-11/h11-12H,3-10H2,1-2H3. The Kier molecular flexibility index (Phi) is 5.40. The first-order valence-electron chi connectivity index (χ1n) is 5.85. The number of hydrogen-bond donors (Lipinski definition) is 1. The Morgan fingerprint density at radius 2 is 1.92 bits per heavy atom. The van der Waals surface area contributed by atoms with Crippen LogP contribution in [0.15, 0.2) is 0 Å². The zero-order valence-corrected chi connectivity index (χ0v) is 9.18. The van der Waals surface area contributed by atoms with Crippen LogP contribution in [0.5, 0.6) is 0 Å². The Morgan fingerprint density at radius 1 is 1.23 bits per heavy atom. The van der Waals surface area contributed by atoms with Crippen LogP contribution >= 0.6 is 0 Å². The Hall–Kier alpha value is -0.0800. The van der Waals surface area contributed by atoms with Gasteiger partial charge >= 0.3 is 0 Å². The molecule has 1 saturated carbocycles. The zero-order valence-electron chi connectivity index (χ0n) is 9.18. The van der Waals surface area contributed by atoms with Crippen molar-refractivity contribution in [3.05, 3.63) is 0 Å². The van der Waals surface area contributed by atoms with Gasteiger partial charge in [0.2, 0.25) is 0 Å². The minimum absolute atomic E-state index is 0.950. The number of nitrogens with zero attached hydrogens (tertiary/aromatic N) is 1. The van der Waals surface area contributed by atoms with E-state index in [9.17, 15) is 0 Å². The van der Waals surface area contributed by atoms with Crippen LogP contribution in [0.2, 0.25) is 0 Å². The van der Waals surface area contributed by atoms with Crippen molar-refractivity contribution in [3.8, 4) is 0 Å². The van der Waals surface area contributed by atoms with Gasteiger partial charge in [-0.25, -0.2) is 5.01 Å². The Bertz CT molecular complexity index is 119. The van der Waals surface area contributed by atoms with Crippen molar-refractivity contribution in [2.75, 3.05) is 19.6 Å². The third kappa shape index (κ3) is 4.10. The van der Waals surface area contributed by atoms with Gasteiger partial charge in [-0.3, -0.25) is 5.43 Å². The van der Waals surface area contributed by atoms with Crippen LogP contribution in [-0.4, -0.2) is 24.6 Å². The molecule has 0 heterocycles. The molecule has 13 heavy (non-hydrogen) atoms. The molecule has 0 aromatic heterocycles. The summed E-state index contributed by atoms with van der Waals surface area (Å²) in [6.45, 7) is 7.97. The molecule has 0 aromatic carbocycles. The van der Waals surface area contributed by atoms with E-state index in [1.165, 1.54) is 45.2 Å². The lowest BCUT2D eigenvalue weighted by atomic mass is 10.1. The second kappa shape index (κ2) is 6.39. The fraction of sp³-hybridized carbons (Fsp3) is 1.00. The van der Waals surface area contributed by atoms with E-state index in [0.29, 0.717) is 0 Å². The van der Waals surface area contributed by atoms with Crippen molar-refractivity contribution in [2.45, 2.75) is 46.0 Å². The molecule has 0 spiro atoms. The van der Waals surface area contributed by atoms with Gasteiger partial charge in [-0.15, -0.1) is 0 Å². The van der Waals surface area contributed by atoms with Gasteiger partial charge < -0.3 is 0 Å². The van der Waals surface area contributed by atoms with Gasteiger partial charge in [-0.1, -0.05) is 26.7 Å². The average molecular weight is 184 g/mol. The first-order valence-corrected chi connectivity index (χ1v) is 5.85. The molecule has 0 amide bonds. The van der Waals surface area contributed by atoms with E-state index in [4.69, 9.17) is 0 Å². The van der Waals surface area contributed by atoms with Gasteiger partial charge in [0.25, 0.3) is 0 Å². The van der Waals surface area contributed by atoms with Crippen molar-refractivity contribution in [3.63, 3.8) is 0 Å². The van der Waals surface area contributed by atoms with Crippen molar-refractivity contribution < 1.29 is 0 Å². The minimum Gasteiger partial charge on any atom is -0.255 e. The number of hydrogen-bond acceptors (Lipinski definition) is 2. The van der Waals surface area contributed by atoms with Gasteiger partial charge in [0, 0.05) is 19.6 Å². The van der Waals surface area contributed by atoms with E-state index in [2.05, 4.69) is 24.3 Å². The van der Waals surface area contributed by atoms with E-state index >= 15 is 0 Å². The highest BCUT2D eigenvalue weighted by molar-refractivity contribution is 4.68. The van der Waals surface area contributed by atoms with Crippen LogP contribution in [-0.2, 0) is 0 Å². The Morgan fingerprint density at radius 3 is 2.46 bits per heavy atom. The van der Waals surface area contributed by atoms with Gasteiger partial charge in [0.05, 0.1) is 0 Å². The van der Waals surface area contributed by atoms with Crippen LogP contribution in [0.3, 0.4) is 0 Å². The lowest BCUT2D eigenvalue weighted by Crippen LogP contribution is -2.40. The van der Waals surface area contributed by atoms with E-state index in [0.717, 1.165) is 12.5 Å². The van der Waals surface area contributed by atoms with E-state index in [-0.39, 0.29) is 0 Å². The largest absolute Gasteiger partial charge is 0.255 e. The number of rotatable bonds is 6. The first kappa shape index (κ1) is 11.0. The quantitative estimate of drug-likeness (QED) is 0.638. The second-order valence-corrected chi connectivity index (χ2v) is 4.09. The molecular weight excluding hydrogens is 160 g/mol. The van der Waals surface area contributed by atoms with Crippen LogP contribution in [0.25, 0.3) is 0 Å². The smallest absolute Gasteiger partial charge is 0.0130 e. The summed E-state index contributed by atoms with van der Waals surface area (Å²) in [7, 11) is 0. The monoisotopic (exact) mass is 184 g/mol. The van der Waals surface area contributed by atoms with Gasteiger partial charge in [-0.2, -0.15) is 0 Å². The highest BCUT2D eigenvalue weighted by Crippen LogP contribution is 2.23. The summed E-state index contributed by atoms with van der Waals surface area (Å²) in [6, 6.07) is 0. The molecule has 0 unspecified atom stereocenters. The van der Waals surface area contributed by atoms with Crippen LogP contribution < -0.4 is 5.43 Å². The molecule has 0 bridgehead atoms. The third-order valence-electron chi connectivity index (χ3n) is 2.95. The molecule has 1 aliphatic rings. The highest BCUT2D eigenvalue weighted by atomic mass is 15.5. The maximum atomic E-state index is 3.55. The second-order valence-electron chi connectivity index (χ2n) is 4.09. The average Bonchev–Trinajstić information content (AvgIpc) is 2.64. The molecule has 0 aromatic rings. The maximum Gasteiger partial charge on any atom is 0.0130 e. The minimum atomic E-state index is 0.950. The van der Waals surface area contributed by atoms with Crippen molar-refractivity contribution in [1.29, 1.82) is 0 Å². The fourth-order valence-electron chi connectivity index (χ4n) is 2.09. The molecule has 2 nitrogen and oxygen atoms in total. The lowest BCUT2D eigenvalue weighted by molar-refractivity contribution is 0.183. The normalized spacial score (nSPS) is 18.7. The van der Waals surface area contributed by atoms with Crippen LogP contribution in [0.1, 0.15) is 46.0 Å². The van der Waals surface area contributed by atoms with Gasteiger partial charge in [-0.05, 0) is 25.2 Å².